The number of rotatable bonds is 9. The van der Waals surface area contributed by atoms with Crippen LogP contribution in [0.1, 0.15) is 149 Å². The summed E-state index contributed by atoms with van der Waals surface area (Å²) < 4.78 is 0. The molecule has 0 aromatic heterocycles. The van der Waals surface area contributed by atoms with E-state index in [9.17, 15) is 4.79 Å². The van der Waals surface area contributed by atoms with Crippen LogP contribution in [-0.2, 0) is 4.79 Å². The minimum atomic E-state index is 0.142. The predicted octanol–water partition coefficient (Wildman–Crippen LogP) is 9.28. The molecule has 4 rings (SSSR count). The highest BCUT2D eigenvalue weighted by Gasteiger charge is 2.63. The topological polar surface area (TPSA) is 17.1 Å². The fourth-order valence-corrected chi connectivity index (χ4v) is 8.56. The van der Waals surface area contributed by atoms with E-state index in [1.54, 1.807) is 0 Å². The molecule has 0 atom stereocenters. The summed E-state index contributed by atoms with van der Waals surface area (Å²) in [6.07, 6.45) is 29.0. The molecular formula is C30H52O. The van der Waals surface area contributed by atoms with Crippen molar-refractivity contribution in [2.75, 3.05) is 0 Å². The van der Waals surface area contributed by atoms with Gasteiger partial charge in [0.1, 0.15) is 5.78 Å². The molecule has 0 aromatic rings. The van der Waals surface area contributed by atoms with Crippen LogP contribution < -0.4 is 0 Å². The highest BCUT2D eigenvalue weighted by molar-refractivity contribution is 5.96. The van der Waals surface area contributed by atoms with Crippen LogP contribution >= 0.6 is 0 Å². The summed E-state index contributed by atoms with van der Waals surface area (Å²) in [7, 11) is 0. The largest absolute Gasteiger partial charge is 0.298 e. The average molecular weight is 429 g/mol. The minimum absolute atomic E-state index is 0.142. The van der Waals surface area contributed by atoms with Crippen LogP contribution in [0.15, 0.2) is 0 Å². The number of hydrogen-bond acceptors (Lipinski definition) is 1. The number of unbranched alkanes of at least 4 members (excludes halogenated alkanes) is 4. The van der Waals surface area contributed by atoms with Crippen molar-refractivity contribution < 1.29 is 4.79 Å². The summed E-state index contributed by atoms with van der Waals surface area (Å²) in [6, 6.07) is 0. The maximum absolute atomic E-state index is 13.5. The van der Waals surface area contributed by atoms with Gasteiger partial charge in [-0.2, -0.15) is 0 Å². The van der Waals surface area contributed by atoms with Crippen LogP contribution in [0.25, 0.3) is 0 Å². The predicted molar refractivity (Wildman–Crippen MR) is 132 cm³/mol. The minimum Gasteiger partial charge on any atom is -0.298 e. The number of carbonyl (C=O) groups is 1. The Morgan fingerprint density at radius 3 is 1.71 bits per heavy atom. The molecule has 4 aliphatic rings. The van der Waals surface area contributed by atoms with Gasteiger partial charge in [-0.05, 0) is 94.3 Å². The van der Waals surface area contributed by atoms with Gasteiger partial charge in [0, 0.05) is 10.8 Å². The summed E-state index contributed by atoms with van der Waals surface area (Å²) in [4.78, 5) is 13.5. The molecule has 0 bridgehead atoms. The van der Waals surface area contributed by atoms with Crippen molar-refractivity contribution in [1.29, 1.82) is 0 Å². The first-order valence-electron chi connectivity index (χ1n) is 14.7. The molecule has 0 heterocycles. The second-order valence-corrected chi connectivity index (χ2v) is 12.6. The second kappa shape index (κ2) is 10.7. The molecule has 2 spiro atoms. The van der Waals surface area contributed by atoms with Crippen molar-refractivity contribution in [3.05, 3.63) is 0 Å². The Morgan fingerprint density at radius 1 is 0.613 bits per heavy atom. The standard InChI is InChI=1S/C30H52O/c1-3-5-7-8-10-24-11-13-26(14-12-24)27-17-21-30(22-18-27)23-29(28(30)31)19-15-25(16-20-29)9-6-4-2/h24-27H,3-23H2,1-2H3/t24?,25?,26?,27-,29-,30-. The molecule has 0 saturated heterocycles. The number of ketones is 1. The maximum atomic E-state index is 13.5. The molecule has 0 aliphatic heterocycles. The first-order valence-corrected chi connectivity index (χ1v) is 14.7. The van der Waals surface area contributed by atoms with E-state index in [1.807, 2.05) is 0 Å². The van der Waals surface area contributed by atoms with Crippen LogP contribution in [-0.4, -0.2) is 5.78 Å². The highest BCUT2D eigenvalue weighted by Crippen LogP contribution is 2.64. The van der Waals surface area contributed by atoms with Gasteiger partial charge >= 0.3 is 0 Å². The van der Waals surface area contributed by atoms with Gasteiger partial charge < -0.3 is 0 Å². The van der Waals surface area contributed by atoms with Crippen molar-refractivity contribution in [2.24, 2.45) is 34.5 Å². The molecule has 0 unspecified atom stereocenters. The van der Waals surface area contributed by atoms with Crippen molar-refractivity contribution in [3.63, 3.8) is 0 Å². The van der Waals surface area contributed by atoms with Gasteiger partial charge in [-0.15, -0.1) is 0 Å². The van der Waals surface area contributed by atoms with E-state index in [2.05, 4.69) is 13.8 Å². The summed E-state index contributed by atoms with van der Waals surface area (Å²) in [5, 5.41) is 0. The fourth-order valence-electron chi connectivity index (χ4n) is 8.56. The van der Waals surface area contributed by atoms with Gasteiger partial charge in [0.25, 0.3) is 0 Å². The Bertz CT molecular complexity index is 553. The lowest BCUT2D eigenvalue weighted by Crippen LogP contribution is -2.59. The zero-order valence-corrected chi connectivity index (χ0v) is 21.1. The van der Waals surface area contributed by atoms with Crippen LogP contribution in [0.4, 0.5) is 0 Å². The van der Waals surface area contributed by atoms with Gasteiger partial charge in [0.15, 0.2) is 0 Å². The molecule has 31 heavy (non-hydrogen) atoms. The fraction of sp³-hybridized carbons (Fsp3) is 0.967. The number of Topliss-reactive ketones (excluding diaryl/α,β-unsaturated/α-hetero) is 1. The third kappa shape index (κ3) is 5.27. The highest BCUT2D eigenvalue weighted by atomic mass is 16.1. The van der Waals surface area contributed by atoms with E-state index in [4.69, 9.17) is 0 Å². The zero-order chi connectivity index (χ0) is 21.7. The van der Waals surface area contributed by atoms with Gasteiger partial charge in [-0.1, -0.05) is 78.1 Å². The molecule has 1 nitrogen and oxygen atoms in total. The van der Waals surface area contributed by atoms with Crippen molar-refractivity contribution >= 4 is 5.78 Å². The molecule has 4 aliphatic carbocycles. The lowest BCUT2D eigenvalue weighted by Gasteiger charge is -2.59. The lowest BCUT2D eigenvalue weighted by molar-refractivity contribution is -0.169. The summed E-state index contributed by atoms with van der Waals surface area (Å²) in [6.45, 7) is 4.62. The van der Waals surface area contributed by atoms with Gasteiger partial charge in [-0.3, -0.25) is 4.79 Å². The normalized spacial score (nSPS) is 40.9. The quantitative estimate of drug-likeness (QED) is 0.334. The van der Waals surface area contributed by atoms with Crippen molar-refractivity contribution in [1.82, 2.24) is 0 Å². The molecule has 0 radical (unpaired) electrons. The Kier molecular flexibility index (Phi) is 8.24. The molecule has 0 aromatic carbocycles. The van der Waals surface area contributed by atoms with E-state index in [-0.39, 0.29) is 10.8 Å². The summed E-state index contributed by atoms with van der Waals surface area (Å²) >= 11 is 0. The van der Waals surface area contributed by atoms with Gasteiger partial charge in [0.2, 0.25) is 0 Å². The maximum Gasteiger partial charge on any atom is 0.145 e. The van der Waals surface area contributed by atoms with Crippen molar-refractivity contribution in [2.45, 2.75) is 149 Å². The third-order valence-electron chi connectivity index (χ3n) is 10.7. The van der Waals surface area contributed by atoms with E-state index in [0.29, 0.717) is 0 Å². The number of carbonyl (C=O) groups excluding carboxylic acids is 1. The van der Waals surface area contributed by atoms with Crippen LogP contribution in [0, 0.1) is 34.5 Å². The van der Waals surface area contributed by atoms with Crippen molar-refractivity contribution in [3.8, 4) is 0 Å². The molecule has 4 saturated carbocycles. The van der Waals surface area contributed by atoms with Crippen LogP contribution in [0.3, 0.4) is 0 Å². The number of hydrogen-bond donors (Lipinski definition) is 0. The molecular weight excluding hydrogens is 376 g/mol. The van der Waals surface area contributed by atoms with E-state index >= 15 is 0 Å². The Hall–Kier alpha value is -0.330. The average Bonchev–Trinajstić information content (AvgIpc) is 2.82. The Balaban J connectivity index is 1.17. The van der Waals surface area contributed by atoms with Crippen LogP contribution in [0.5, 0.6) is 0 Å². The Labute approximate surface area is 193 Å². The lowest BCUT2D eigenvalue weighted by atomic mass is 9.42. The van der Waals surface area contributed by atoms with Gasteiger partial charge in [0.05, 0.1) is 0 Å². The first-order chi connectivity index (χ1) is 15.1. The van der Waals surface area contributed by atoms with Crippen LogP contribution in [0.2, 0.25) is 0 Å². The third-order valence-corrected chi connectivity index (χ3v) is 10.7. The Morgan fingerprint density at radius 2 is 1.13 bits per heavy atom. The molecule has 178 valence electrons. The monoisotopic (exact) mass is 428 g/mol. The molecule has 1 heteroatoms. The second-order valence-electron chi connectivity index (χ2n) is 12.6. The summed E-state index contributed by atoms with van der Waals surface area (Å²) in [5.41, 5.74) is 0.286. The SMILES string of the molecule is CCCCCCC1CCC([C@H]2CC[C@]3(CC2)C[C@@]2(CCC(CCCC)CC2)C3=O)CC1. The van der Waals surface area contributed by atoms with E-state index in [1.165, 1.54) is 135 Å². The smallest absolute Gasteiger partial charge is 0.145 e. The van der Waals surface area contributed by atoms with E-state index in [0.717, 1.165) is 29.5 Å². The van der Waals surface area contributed by atoms with Gasteiger partial charge in [-0.25, -0.2) is 0 Å². The molecule has 0 amide bonds. The molecule has 4 fully saturated rings. The van der Waals surface area contributed by atoms with E-state index < -0.39 is 0 Å². The zero-order valence-electron chi connectivity index (χ0n) is 21.1. The first kappa shape index (κ1) is 23.8. The molecule has 0 N–H and O–H groups in total. The summed E-state index contributed by atoms with van der Waals surface area (Å²) in [5.74, 6) is 4.63.